The van der Waals surface area contributed by atoms with Crippen LogP contribution < -0.4 is 10.6 Å². The van der Waals surface area contributed by atoms with Gasteiger partial charge in [-0.15, -0.1) is 0 Å². The summed E-state index contributed by atoms with van der Waals surface area (Å²) in [6, 6.07) is 0. The summed E-state index contributed by atoms with van der Waals surface area (Å²) in [5, 5.41) is 5.66. The van der Waals surface area contributed by atoms with E-state index in [4.69, 9.17) is 0 Å². The Morgan fingerprint density at radius 3 is 2.47 bits per heavy atom. The second kappa shape index (κ2) is 6.74. The highest BCUT2D eigenvalue weighted by Gasteiger charge is 2.42. The zero-order valence-corrected chi connectivity index (χ0v) is 10.5. The lowest BCUT2D eigenvalue weighted by molar-refractivity contribution is -0.204. The fraction of sp³-hybridized carbons (Fsp3) is 0.818. The maximum Gasteiger partial charge on any atom is 0.490 e. The van der Waals surface area contributed by atoms with E-state index in [0.29, 0.717) is 12.5 Å². The molecule has 1 aliphatic rings. The van der Waals surface area contributed by atoms with Crippen molar-refractivity contribution in [3.8, 4) is 0 Å². The van der Waals surface area contributed by atoms with Crippen LogP contribution in [0.25, 0.3) is 0 Å². The highest BCUT2D eigenvalue weighted by molar-refractivity contribution is 5.84. The summed E-state index contributed by atoms with van der Waals surface area (Å²) < 4.78 is 39.8. The zero-order chi connectivity index (χ0) is 14.5. The number of esters is 1. The molecule has 0 aromatic carbocycles. The zero-order valence-electron chi connectivity index (χ0n) is 10.5. The first-order chi connectivity index (χ1) is 8.80. The van der Waals surface area contributed by atoms with E-state index in [1.807, 2.05) is 0 Å². The third-order valence-corrected chi connectivity index (χ3v) is 2.91. The summed E-state index contributed by atoms with van der Waals surface area (Å²) in [5.74, 6) is -2.76. The lowest BCUT2D eigenvalue weighted by Gasteiger charge is -2.23. The lowest BCUT2D eigenvalue weighted by Crippen LogP contribution is -2.42. The van der Waals surface area contributed by atoms with Crippen LogP contribution in [-0.2, 0) is 14.3 Å². The summed E-state index contributed by atoms with van der Waals surface area (Å²) in [4.78, 5) is 22.0. The van der Waals surface area contributed by atoms with Crippen LogP contribution in [0.15, 0.2) is 0 Å². The molecule has 1 heterocycles. The first kappa shape index (κ1) is 15.7. The molecule has 1 atom stereocenters. The molecule has 1 fully saturated rings. The number of hydrogen-bond acceptors (Lipinski definition) is 4. The Morgan fingerprint density at radius 1 is 1.37 bits per heavy atom. The third kappa shape index (κ3) is 5.46. The molecule has 0 aromatic heterocycles. The fourth-order valence-electron chi connectivity index (χ4n) is 1.76. The van der Waals surface area contributed by atoms with Crippen LogP contribution >= 0.6 is 0 Å². The number of amides is 1. The molecule has 8 heteroatoms. The van der Waals surface area contributed by atoms with Crippen LogP contribution in [0.5, 0.6) is 0 Å². The van der Waals surface area contributed by atoms with Crippen molar-refractivity contribution in [3.63, 3.8) is 0 Å². The Morgan fingerprint density at radius 2 is 1.95 bits per heavy atom. The summed E-state index contributed by atoms with van der Waals surface area (Å²) in [6.07, 6.45) is -4.73. The van der Waals surface area contributed by atoms with Gasteiger partial charge in [0.05, 0.1) is 0 Å². The first-order valence-corrected chi connectivity index (χ1v) is 6.07. The molecule has 0 bridgehead atoms. The number of hydrogen-bond donors (Lipinski definition) is 2. The van der Waals surface area contributed by atoms with Crippen molar-refractivity contribution in [3.05, 3.63) is 0 Å². The van der Waals surface area contributed by atoms with E-state index in [1.165, 1.54) is 0 Å². The number of piperidine rings is 1. The van der Waals surface area contributed by atoms with Crippen LogP contribution in [0.3, 0.4) is 0 Å². The minimum absolute atomic E-state index is 0.302. The van der Waals surface area contributed by atoms with Gasteiger partial charge in [0.2, 0.25) is 0 Å². The van der Waals surface area contributed by atoms with Crippen molar-refractivity contribution >= 4 is 11.9 Å². The SMILES string of the molecule is CC(OC(=O)C(F)(F)F)C(=O)NCC1CCNCC1. The van der Waals surface area contributed by atoms with E-state index in [2.05, 4.69) is 15.4 Å². The number of alkyl halides is 3. The molecule has 0 aliphatic carbocycles. The van der Waals surface area contributed by atoms with E-state index < -0.39 is 24.2 Å². The van der Waals surface area contributed by atoms with Crippen molar-refractivity contribution in [1.82, 2.24) is 10.6 Å². The van der Waals surface area contributed by atoms with Gasteiger partial charge in [-0.1, -0.05) is 0 Å². The Kier molecular flexibility index (Phi) is 5.59. The average Bonchev–Trinajstić information content (AvgIpc) is 2.35. The molecule has 0 saturated carbocycles. The molecular weight excluding hydrogens is 265 g/mol. The second-order valence-electron chi connectivity index (χ2n) is 4.48. The first-order valence-electron chi connectivity index (χ1n) is 6.07. The number of halogens is 3. The van der Waals surface area contributed by atoms with E-state index in [9.17, 15) is 22.8 Å². The Bertz CT molecular complexity index is 328. The number of ether oxygens (including phenoxy) is 1. The van der Waals surface area contributed by atoms with E-state index in [-0.39, 0.29) is 0 Å². The van der Waals surface area contributed by atoms with Gasteiger partial charge >= 0.3 is 12.1 Å². The lowest BCUT2D eigenvalue weighted by atomic mass is 9.98. The molecule has 1 unspecified atom stereocenters. The van der Waals surface area contributed by atoms with Crippen molar-refractivity contribution in [1.29, 1.82) is 0 Å². The normalized spacial score (nSPS) is 18.7. The van der Waals surface area contributed by atoms with Crippen LogP contribution in [0, 0.1) is 5.92 Å². The van der Waals surface area contributed by atoms with Gasteiger partial charge in [-0.25, -0.2) is 4.79 Å². The van der Waals surface area contributed by atoms with Gasteiger partial charge in [-0.05, 0) is 38.8 Å². The topological polar surface area (TPSA) is 67.4 Å². The number of rotatable bonds is 4. The standard InChI is InChI=1S/C11H17F3N2O3/c1-7(19-10(18)11(12,13)14)9(17)16-6-8-2-4-15-5-3-8/h7-8,15H,2-6H2,1H3,(H,16,17). The molecule has 0 spiro atoms. The van der Waals surface area contributed by atoms with Gasteiger partial charge in [-0.2, -0.15) is 13.2 Å². The Labute approximate surface area is 108 Å². The molecule has 5 nitrogen and oxygen atoms in total. The maximum atomic E-state index is 11.9. The summed E-state index contributed by atoms with van der Waals surface area (Å²) >= 11 is 0. The second-order valence-corrected chi connectivity index (χ2v) is 4.48. The van der Waals surface area contributed by atoms with Crippen molar-refractivity contribution in [2.24, 2.45) is 5.92 Å². The Hall–Kier alpha value is -1.31. The molecule has 2 N–H and O–H groups in total. The summed E-state index contributed by atoms with van der Waals surface area (Å²) in [5.41, 5.74) is 0. The van der Waals surface area contributed by atoms with Crippen LogP contribution in [-0.4, -0.2) is 43.8 Å². The van der Waals surface area contributed by atoms with E-state index in [1.54, 1.807) is 0 Å². The highest BCUT2D eigenvalue weighted by Crippen LogP contribution is 2.17. The van der Waals surface area contributed by atoms with Gasteiger partial charge in [-0.3, -0.25) is 4.79 Å². The molecule has 1 rings (SSSR count). The predicted molar refractivity (Wildman–Crippen MR) is 60.2 cm³/mol. The highest BCUT2D eigenvalue weighted by atomic mass is 19.4. The van der Waals surface area contributed by atoms with Crippen LogP contribution in [0.4, 0.5) is 13.2 Å². The average molecular weight is 282 g/mol. The molecular formula is C11H17F3N2O3. The quantitative estimate of drug-likeness (QED) is 0.741. The van der Waals surface area contributed by atoms with Crippen molar-refractivity contribution in [2.75, 3.05) is 19.6 Å². The van der Waals surface area contributed by atoms with E-state index >= 15 is 0 Å². The van der Waals surface area contributed by atoms with Crippen LogP contribution in [0.1, 0.15) is 19.8 Å². The minimum Gasteiger partial charge on any atom is -0.446 e. The largest absolute Gasteiger partial charge is 0.490 e. The maximum absolute atomic E-state index is 11.9. The van der Waals surface area contributed by atoms with Gasteiger partial charge in [0.15, 0.2) is 6.10 Å². The molecule has 0 aromatic rings. The molecule has 1 amide bonds. The van der Waals surface area contributed by atoms with Crippen molar-refractivity contribution < 1.29 is 27.5 Å². The number of carbonyl (C=O) groups excluding carboxylic acids is 2. The molecule has 110 valence electrons. The number of nitrogens with one attached hydrogen (secondary N) is 2. The molecule has 0 radical (unpaired) electrons. The molecule has 1 saturated heterocycles. The Balaban J connectivity index is 2.30. The predicted octanol–water partition coefficient (Wildman–Crippen LogP) is 0.596. The summed E-state index contributed by atoms with van der Waals surface area (Å²) in [6.45, 7) is 3.22. The number of carbonyl (C=O) groups is 2. The van der Waals surface area contributed by atoms with Gasteiger partial charge in [0.25, 0.3) is 5.91 Å². The minimum atomic E-state index is -5.08. The monoisotopic (exact) mass is 282 g/mol. The van der Waals surface area contributed by atoms with Crippen molar-refractivity contribution in [2.45, 2.75) is 32.0 Å². The molecule has 19 heavy (non-hydrogen) atoms. The van der Waals surface area contributed by atoms with Gasteiger partial charge in [0.1, 0.15) is 0 Å². The summed E-state index contributed by atoms with van der Waals surface area (Å²) in [7, 11) is 0. The molecule has 1 aliphatic heterocycles. The van der Waals surface area contributed by atoms with Gasteiger partial charge < -0.3 is 15.4 Å². The van der Waals surface area contributed by atoms with Crippen LogP contribution in [0.2, 0.25) is 0 Å². The fourth-order valence-corrected chi connectivity index (χ4v) is 1.76. The smallest absolute Gasteiger partial charge is 0.446 e. The van der Waals surface area contributed by atoms with Gasteiger partial charge in [0, 0.05) is 6.54 Å². The third-order valence-electron chi connectivity index (χ3n) is 2.91. The van der Waals surface area contributed by atoms with E-state index in [0.717, 1.165) is 32.9 Å².